The van der Waals surface area contributed by atoms with Gasteiger partial charge in [0.25, 0.3) is 0 Å². The fraction of sp³-hybridized carbons (Fsp3) is 1.00. The zero-order chi connectivity index (χ0) is 13.5. The Kier molecular flexibility index (Phi) is 16.1. The smallest absolute Gasteiger partial charge is 0.0189 e. The third kappa shape index (κ3) is 16.6. The molecule has 0 rings (SSSR count). The Bertz CT molecular complexity index is 148. The summed E-state index contributed by atoms with van der Waals surface area (Å²) < 4.78 is 0. The lowest BCUT2D eigenvalue weighted by atomic mass is 10.0. The van der Waals surface area contributed by atoms with Crippen molar-refractivity contribution in [2.75, 3.05) is 0 Å². The molecule has 0 saturated carbocycles. The highest BCUT2D eigenvalue weighted by atomic mass is 32.1. The summed E-state index contributed by atoms with van der Waals surface area (Å²) in [5, 5.41) is 0. The average Bonchev–Trinajstić information content (AvgIpc) is 2.34. The molecule has 0 saturated heterocycles. The molecule has 0 N–H and O–H groups in total. The molecule has 2 heteroatoms. The van der Waals surface area contributed by atoms with Crippen molar-refractivity contribution in [3.8, 4) is 0 Å². The fourth-order valence-electron chi connectivity index (χ4n) is 2.46. The van der Waals surface area contributed by atoms with Gasteiger partial charge < -0.3 is 0 Å². The molecule has 0 aromatic rings. The first kappa shape index (κ1) is 18.6. The first-order valence-corrected chi connectivity index (χ1v) is 10.1. The van der Waals surface area contributed by atoms with Gasteiger partial charge in [-0.2, -0.15) is 12.6 Å². The van der Waals surface area contributed by atoms with Crippen LogP contribution in [0.15, 0.2) is 0 Å². The van der Waals surface area contributed by atoms with E-state index in [0.29, 0.717) is 0 Å². The second-order valence-electron chi connectivity index (χ2n) is 5.88. The fourth-order valence-corrected chi connectivity index (χ4v) is 3.05. The van der Waals surface area contributed by atoms with Crippen LogP contribution in [0.2, 0.25) is 0 Å². The van der Waals surface area contributed by atoms with Crippen LogP contribution in [0.25, 0.3) is 0 Å². The van der Waals surface area contributed by atoms with Gasteiger partial charge in [0.05, 0.1) is 0 Å². The lowest BCUT2D eigenvalue weighted by molar-refractivity contribution is 0.538. The van der Waals surface area contributed by atoms with Crippen LogP contribution in [-0.2, 0) is 0 Å². The molecule has 0 heterocycles. The van der Waals surface area contributed by atoms with Gasteiger partial charge in [-0.15, -0.1) is 0 Å². The maximum Gasteiger partial charge on any atom is 0.0189 e. The Balaban J connectivity index is 2.90. The molecule has 0 fully saturated rings. The van der Waals surface area contributed by atoms with Gasteiger partial charge >= 0.3 is 0 Å². The predicted octanol–water partition coefficient (Wildman–Crippen LogP) is 5.09. The van der Waals surface area contributed by atoms with E-state index in [4.69, 9.17) is 0 Å². The first-order valence-electron chi connectivity index (χ1n) is 8.45. The molecule has 0 spiro atoms. The Morgan fingerprint density at radius 3 is 1.33 bits per heavy atom. The summed E-state index contributed by atoms with van der Waals surface area (Å²) in [5.74, 6) is 0. The number of hydrogen-bond donors (Lipinski definition) is 1. The highest BCUT2D eigenvalue weighted by molar-refractivity contribution is 7.82. The van der Waals surface area contributed by atoms with Crippen LogP contribution < -0.4 is 0 Å². The summed E-state index contributed by atoms with van der Waals surface area (Å²) in [4.78, 5) is 0.734. The summed E-state index contributed by atoms with van der Waals surface area (Å²) >= 11 is 4.47. The van der Waals surface area contributed by atoms with Gasteiger partial charge in [0.2, 0.25) is 0 Å². The predicted molar refractivity (Wildman–Crippen MR) is 93.0 cm³/mol. The van der Waals surface area contributed by atoms with Crippen molar-refractivity contribution in [2.45, 2.75) is 102 Å². The van der Waals surface area contributed by atoms with Crippen LogP contribution in [0.1, 0.15) is 96.8 Å². The van der Waals surface area contributed by atoms with Gasteiger partial charge in [-0.25, -0.2) is 0 Å². The van der Waals surface area contributed by atoms with Crippen molar-refractivity contribution in [2.24, 2.45) is 0 Å². The minimum Gasteiger partial charge on any atom is -0.180 e. The molecule has 0 aliphatic heterocycles. The molecular formula is C16H36SSi. The minimum absolute atomic E-state index is 0.734. The second-order valence-corrected chi connectivity index (χ2v) is 9.13. The number of unbranched alkanes of at least 4 members (excludes halogenated alkanes) is 12. The van der Waals surface area contributed by atoms with Gasteiger partial charge in [0, 0.05) is 10.2 Å². The largest absolute Gasteiger partial charge is 0.180 e. The van der Waals surface area contributed by atoms with E-state index in [9.17, 15) is 0 Å². The zero-order valence-corrected chi connectivity index (χ0v) is 15.8. The summed E-state index contributed by atoms with van der Waals surface area (Å²) in [6, 6.07) is 0. The highest BCUT2D eigenvalue weighted by Gasteiger charge is 1.95. The van der Waals surface area contributed by atoms with E-state index < -0.39 is 0 Å². The summed E-state index contributed by atoms with van der Waals surface area (Å²) in [7, 11) is 1.25. The van der Waals surface area contributed by atoms with E-state index in [2.05, 4.69) is 19.6 Å². The van der Waals surface area contributed by atoms with Crippen LogP contribution in [0.5, 0.6) is 0 Å². The van der Waals surface area contributed by atoms with E-state index in [-0.39, 0.29) is 0 Å². The quantitative estimate of drug-likeness (QED) is 0.257. The van der Waals surface area contributed by atoms with E-state index in [0.717, 1.165) is 4.87 Å². The lowest BCUT2D eigenvalue weighted by Crippen LogP contribution is -1.95. The molecule has 0 radical (unpaired) electrons. The minimum atomic E-state index is 0.734. The topological polar surface area (TPSA) is 0 Å². The zero-order valence-electron chi connectivity index (χ0n) is 12.9. The van der Waals surface area contributed by atoms with Crippen LogP contribution >= 0.6 is 12.6 Å². The van der Waals surface area contributed by atoms with Gasteiger partial charge in [-0.3, -0.25) is 0 Å². The summed E-state index contributed by atoms with van der Waals surface area (Å²) in [5.41, 5.74) is 0. The molecule has 1 unspecified atom stereocenters. The maximum absolute atomic E-state index is 4.47. The van der Waals surface area contributed by atoms with Crippen molar-refractivity contribution in [3.63, 3.8) is 0 Å². The third-order valence-electron chi connectivity index (χ3n) is 3.73. The molecule has 18 heavy (non-hydrogen) atoms. The van der Waals surface area contributed by atoms with Crippen molar-refractivity contribution < 1.29 is 0 Å². The standard InChI is InChI=1S/C16H36SSi/c1-2-3-4-5-6-7-8-9-10-11-12-13-14-15-16(17)18/h16-17H,2-15H2,1,18H3. The normalized spacial score (nSPS) is 13.0. The molecule has 0 aliphatic rings. The van der Waals surface area contributed by atoms with Crippen LogP contribution in [0, 0.1) is 0 Å². The monoisotopic (exact) mass is 288 g/mol. The molecule has 0 aliphatic carbocycles. The second kappa shape index (κ2) is 15.6. The lowest BCUT2D eigenvalue weighted by Gasteiger charge is -2.04. The third-order valence-corrected chi connectivity index (χ3v) is 4.56. The van der Waals surface area contributed by atoms with Crippen molar-refractivity contribution in [1.82, 2.24) is 0 Å². The molecule has 0 amide bonds. The number of hydrogen-bond acceptors (Lipinski definition) is 1. The number of rotatable bonds is 14. The molecule has 1 atom stereocenters. The van der Waals surface area contributed by atoms with Gasteiger partial charge in [0.1, 0.15) is 0 Å². The molecule has 0 bridgehead atoms. The average molecular weight is 289 g/mol. The molecule has 0 aromatic carbocycles. The first-order chi connectivity index (χ1) is 8.77. The van der Waals surface area contributed by atoms with Crippen LogP contribution in [0.4, 0.5) is 0 Å². The maximum atomic E-state index is 4.47. The van der Waals surface area contributed by atoms with E-state index >= 15 is 0 Å². The van der Waals surface area contributed by atoms with Crippen molar-refractivity contribution in [1.29, 1.82) is 0 Å². The van der Waals surface area contributed by atoms with Gasteiger partial charge in [-0.05, 0) is 11.3 Å². The van der Waals surface area contributed by atoms with Crippen molar-refractivity contribution >= 4 is 22.9 Å². The van der Waals surface area contributed by atoms with E-state index in [1.165, 1.54) is 100 Å². The van der Waals surface area contributed by atoms with Crippen LogP contribution in [0.3, 0.4) is 0 Å². The number of thiol groups is 1. The summed E-state index contributed by atoms with van der Waals surface area (Å²) in [6.07, 6.45) is 20.2. The van der Waals surface area contributed by atoms with E-state index in [1.807, 2.05) is 0 Å². The SMILES string of the molecule is CCCCCCCCCCCCCCCC([SiH3])S. The van der Waals surface area contributed by atoms with Gasteiger partial charge in [-0.1, -0.05) is 90.4 Å². The van der Waals surface area contributed by atoms with E-state index in [1.54, 1.807) is 0 Å². The summed E-state index contributed by atoms with van der Waals surface area (Å²) in [6.45, 7) is 2.29. The Morgan fingerprint density at radius 1 is 0.667 bits per heavy atom. The Morgan fingerprint density at radius 2 is 1.00 bits per heavy atom. The Labute approximate surface area is 125 Å². The van der Waals surface area contributed by atoms with Crippen molar-refractivity contribution in [3.05, 3.63) is 0 Å². The molecular weight excluding hydrogens is 252 g/mol. The van der Waals surface area contributed by atoms with Crippen LogP contribution in [-0.4, -0.2) is 15.1 Å². The van der Waals surface area contributed by atoms with Gasteiger partial charge in [0.15, 0.2) is 0 Å². The highest BCUT2D eigenvalue weighted by Crippen LogP contribution is 2.13. The molecule has 110 valence electrons. The molecule has 0 nitrogen and oxygen atoms in total. The Hall–Kier alpha value is 0.567. The molecule has 0 aromatic heterocycles.